The van der Waals surface area contributed by atoms with E-state index >= 15 is 0 Å². The number of hydrogen-bond donors (Lipinski definition) is 2. The van der Waals surface area contributed by atoms with E-state index in [1.165, 1.54) is 12.4 Å². The third-order valence-electron chi connectivity index (χ3n) is 3.94. The minimum atomic E-state index is -0.517. The fourth-order valence-electron chi connectivity index (χ4n) is 2.60. The summed E-state index contributed by atoms with van der Waals surface area (Å²) in [5, 5.41) is 7.21. The topological polar surface area (TPSA) is 59.1 Å². The highest BCUT2D eigenvalue weighted by molar-refractivity contribution is 6.31. The van der Waals surface area contributed by atoms with E-state index in [4.69, 9.17) is 16.3 Å². The third-order valence-corrected chi connectivity index (χ3v) is 4.23. The number of nitrogens with zero attached hydrogens (tertiary/aromatic N) is 2. The van der Waals surface area contributed by atoms with Crippen molar-refractivity contribution in [2.45, 2.75) is 26.4 Å². The Morgan fingerprint density at radius 3 is 2.77 bits per heavy atom. The molecule has 0 saturated carbocycles. The van der Waals surface area contributed by atoms with Crippen LogP contribution in [-0.2, 0) is 6.54 Å². The Hall–Kier alpha value is -2.44. The van der Waals surface area contributed by atoms with E-state index in [9.17, 15) is 4.39 Å². The van der Waals surface area contributed by atoms with Gasteiger partial charge in [-0.2, -0.15) is 0 Å². The van der Waals surface area contributed by atoms with Gasteiger partial charge in [0.1, 0.15) is 17.9 Å². The van der Waals surface area contributed by atoms with Crippen molar-refractivity contribution in [3.63, 3.8) is 0 Å². The molecule has 2 N–H and O–H groups in total. The predicted octanol–water partition coefficient (Wildman–Crippen LogP) is 4.67. The number of hydrogen-bond acceptors (Lipinski definition) is 5. The smallest absolute Gasteiger partial charge is 0.165 e. The van der Waals surface area contributed by atoms with Gasteiger partial charge < -0.3 is 15.4 Å². The maximum atomic E-state index is 14.2. The monoisotopic (exact) mass is 374 g/mol. The third kappa shape index (κ3) is 3.86. The predicted molar refractivity (Wildman–Crippen MR) is 103 cm³/mol. The summed E-state index contributed by atoms with van der Waals surface area (Å²) in [4.78, 5) is 8.57. The van der Waals surface area contributed by atoms with Crippen LogP contribution in [0.2, 0.25) is 5.02 Å². The van der Waals surface area contributed by atoms with E-state index in [0.29, 0.717) is 23.9 Å². The molecular formula is C19H20ClFN4O. The van der Waals surface area contributed by atoms with Crippen LogP contribution in [0.4, 0.5) is 15.9 Å². The molecule has 0 fully saturated rings. The molecule has 5 nitrogen and oxygen atoms in total. The second kappa shape index (κ2) is 7.85. The number of methoxy groups -OCH3 is 1. The van der Waals surface area contributed by atoms with Gasteiger partial charge in [0.25, 0.3) is 0 Å². The van der Waals surface area contributed by atoms with Crippen molar-refractivity contribution in [1.29, 1.82) is 0 Å². The molecule has 0 saturated heterocycles. The minimum Gasteiger partial charge on any atom is -0.496 e. The second-order valence-electron chi connectivity index (χ2n) is 6.17. The molecular weight excluding hydrogens is 355 g/mol. The molecule has 0 aliphatic carbocycles. The SMILES string of the molecule is COc1cc2ncnc(Nc3cccc(Cl)c3F)c2cc1CNC(C)C. The van der Waals surface area contributed by atoms with Crippen LogP contribution < -0.4 is 15.4 Å². The fraction of sp³-hybridized carbons (Fsp3) is 0.263. The molecule has 1 heterocycles. The average molecular weight is 375 g/mol. The van der Waals surface area contributed by atoms with Crippen LogP contribution in [0.25, 0.3) is 10.9 Å². The molecule has 3 aromatic rings. The van der Waals surface area contributed by atoms with Crippen molar-refractivity contribution in [3.05, 3.63) is 53.1 Å². The average Bonchev–Trinajstić information content (AvgIpc) is 2.63. The first-order chi connectivity index (χ1) is 12.5. The van der Waals surface area contributed by atoms with Crippen molar-refractivity contribution in [2.24, 2.45) is 0 Å². The maximum absolute atomic E-state index is 14.2. The highest BCUT2D eigenvalue weighted by Crippen LogP contribution is 2.31. The van der Waals surface area contributed by atoms with E-state index in [1.54, 1.807) is 19.2 Å². The Balaban J connectivity index is 2.05. The molecule has 0 bridgehead atoms. The van der Waals surface area contributed by atoms with Crippen LogP contribution in [-0.4, -0.2) is 23.1 Å². The molecule has 2 aromatic carbocycles. The number of halogens is 2. The summed E-state index contributed by atoms with van der Waals surface area (Å²) in [6.45, 7) is 4.79. The van der Waals surface area contributed by atoms with Gasteiger partial charge in [-0.1, -0.05) is 31.5 Å². The van der Waals surface area contributed by atoms with Crippen LogP contribution in [0, 0.1) is 5.82 Å². The number of aromatic nitrogens is 2. The van der Waals surface area contributed by atoms with Gasteiger partial charge in [0, 0.05) is 29.6 Å². The quantitative estimate of drug-likeness (QED) is 0.656. The normalized spacial score (nSPS) is 11.2. The van der Waals surface area contributed by atoms with Crippen LogP contribution >= 0.6 is 11.6 Å². The van der Waals surface area contributed by atoms with Gasteiger partial charge in [0.05, 0.1) is 23.3 Å². The number of rotatable bonds is 6. The first-order valence-corrected chi connectivity index (χ1v) is 8.63. The fourth-order valence-corrected chi connectivity index (χ4v) is 2.77. The van der Waals surface area contributed by atoms with Crippen LogP contribution in [0.3, 0.4) is 0 Å². The molecule has 0 radical (unpaired) electrons. The second-order valence-corrected chi connectivity index (χ2v) is 6.57. The van der Waals surface area contributed by atoms with Crippen molar-refractivity contribution in [1.82, 2.24) is 15.3 Å². The molecule has 26 heavy (non-hydrogen) atoms. The van der Waals surface area contributed by atoms with E-state index in [0.717, 1.165) is 16.7 Å². The summed E-state index contributed by atoms with van der Waals surface area (Å²) >= 11 is 5.86. The zero-order valence-electron chi connectivity index (χ0n) is 14.8. The Morgan fingerprint density at radius 2 is 2.04 bits per heavy atom. The lowest BCUT2D eigenvalue weighted by molar-refractivity contribution is 0.407. The first kappa shape index (κ1) is 18.4. The molecule has 0 atom stereocenters. The zero-order valence-corrected chi connectivity index (χ0v) is 15.6. The molecule has 136 valence electrons. The van der Waals surface area contributed by atoms with Gasteiger partial charge in [0.15, 0.2) is 5.82 Å². The number of anilines is 2. The highest BCUT2D eigenvalue weighted by atomic mass is 35.5. The van der Waals surface area contributed by atoms with Gasteiger partial charge in [-0.15, -0.1) is 0 Å². The van der Waals surface area contributed by atoms with Crippen molar-refractivity contribution >= 4 is 34.0 Å². The van der Waals surface area contributed by atoms with E-state index in [2.05, 4.69) is 34.4 Å². The Morgan fingerprint density at radius 1 is 1.23 bits per heavy atom. The van der Waals surface area contributed by atoms with E-state index in [1.807, 2.05) is 12.1 Å². The summed E-state index contributed by atoms with van der Waals surface area (Å²) in [6, 6.07) is 8.93. The highest BCUT2D eigenvalue weighted by Gasteiger charge is 2.13. The van der Waals surface area contributed by atoms with Gasteiger partial charge in [0.2, 0.25) is 0 Å². The molecule has 0 spiro atoms. The lowest BCUT2D eigenvalue weighted by Gasteiger charge is -2.15. The van der Waals surface area contributed by atoms with E-state index in [-0.39, 0.29) is 10.7 Å². The molecule has 1 aromatic heterocycles. The van der Waals surface area contributed by atoms with Crippen LogP contribution in [0.5, 0.6) is 5.75 Å². The van der Waals surface area contributed by atoms with E-state index < -0.39 is 5.82 Å². The van der Waals surface area contributed by atoms with Gasteiger partial charge in [-0.25, -0.2) is 14.4 Å². The summed E-state index contributed by atoms with van der Waals surface area (Å²) in [5.41, 5.74) is 1.93. The zero-order chi connectivity index (χ0) is 18.7. The van der Waals surface area contributed by atoms with Crippen LogP contribution in [0.1, 0.15) is 19.4 Å². The van der Waals surface area contributed by atoms with Crippen LogP contribution in [0.15, 0.2) is 36.7 Å². The van der Waals surface area contributed by atoms with Gasteiger partial charge in [-0.05, 0) is 18.2 Å². The summed E-state index contributed by atoms with van der Waals surface area (Å²) in [6.07, 6.45) is 1.43. The molecule has 0 aliphatic rings. The molecule has 7 heteroatoms. The number of nitrogens with one attached hydrogen (secondary N) is 2. The standard InChI is InChI=1S/C19H20ClFN4O/c1-11(2)22-9-12-7-13-16(8-17(12)26-3)23-10-24-19(13)25-15-6-4-5-14(20)18(15)21/h4-8,10-11,22H,9H2,1-3H3,(H,23,24,25). The number of fused-ring (bicyclic) bond motifs is 1. The lowest BCUT2D eigenvalue weighted by atomic mass is 10.1. The number of benzene rings is 2. The van der Waals surface area contributed by atoms with Crippen molar-refractivity contribution < 1.29 is 9.13 Å². The first-order valence-electron chi connectivity index (χ1n) is 8.25. The molecule has 0 aliphatic heterocycles. The summed E-state index contributed by atoms with van der Waals surface area (Å²) in [7, 11) is 1.63. The van der Waals surface area contributed by atoms with Gasteiger partial charge in [-0.3, -0.25) is 0 Å². The molecule has 0 amide bonds. The summed E-state index contributed by atoms with van der Waals surface area (Å²) in [5.74, 6) is 0.727. The largest absolute Gasteiger partial charge is 0.496 e. The lowest BCUT2D eigenvalue weighted by Crippen LogP contribution is -2.22. The van der Waals surface area contributed by atoms with Gasteiger partial charge >= 0.3 is 0 Å². The van der Waals surface area contributed by atoms with Crippen molar-refractivity contribution in [2.75, 3.05) is 12.4 Å². The van der Waals surface area contributed by atoms with Crippen molar-refractivity contribution in [3.8, 4) is 5.75 Å². The minimum absolute atomic E-state index is 0.0526. The molecule has 0 unspecified atom stereocenters. The Kier molecular flexibility index (Phi) is 5.54. The Bertz CT molecular complexity index is 933. The molecule has 3 rings (SSSR count). The summed E-state index contributed by atoms with van der Waals surface area (Å²) < 4.78 is 19.7. The Labute approximate surface area is 156 Å². The number of ether oxygens (including phenoxy) is 1. The maximum Gasteiger partial charge on any atom is 0.165 e.